The Morgan fingerprint density at radius 3 is 2.50 bits per heavy atom. The van der Waals surface area contributed by atoms with Crippen molar-refractivity contribution in [3.8, 4) is 22.5 Å². The molecule has 0 fully saturated rings. The minimum absolute atomic E-state index is 0.198. The Labute approximate surface area is 160 Å². The van der Waals surface area contributed by atoms with Gasteiger partial charge in [0.1, 0.15) is 11.5 Å². The lowest BCUT2D eigenvalue weighted by Crippen LogP contribution is -2.12. The molecule has 2 aromatic carbocycles. The number of hydrogen-bond donors (Lipinski definition) is 2. The Balaban J connectivity index is 1.65. The summed E-state index contributed by atoms with van der Waals surface area (Å²) in [5, 5.41) is 23.6. The highest BCUT2D eigenvalue weighted by Gasteiger charge is 2.15. The fourth-order valence-corrected chi connectivity index (χ4v) is 3.22. The molecule has 8 heteroatoms. The molecule has 2 aromatic heterocycles. The first-order valence-electron chi connectivity index (χ1n) is 8.87. The van der Waals surface area contributed by atoms with Crippen LogP contribution in [0.4, 0.5) is 0 Å². The van der Waals surface area contributed by atoms with Gasteiger partial charge in [-0.05, 0) is 21.9 Å². The fraction of sp³-hybridized carbons (Fsp3) is 0.150. The van der Waals surface area contributed by atoms with Gasteiger partial charge in [-0.1, -0.05) is 55.5 Å². The molecule has 4 aromatic rings. The number of tetrazole rings is 1. The molecule has 2 N–H and O–H groups in total. The number of carboxylic acid groups (broad SMARTS) is 1. The highest BCUT2D eigenvalue weighted by Crippen LogP contribution is 2.29. The maximum Gasteiger partial charge on any atom is 0.354 e. The number of carbonyl (C=O) groups is 1. The molecule has 4 rings (SSSR count). The number of aromatic carboxylic acids is 1. The van der Waals surface area contributed by atoms with Crippen LogP contribution in [0.25, 0.3) is 22.5 Å². The summed E-state index contributed by atoms with van der Waals surface area (Å²) >= 11 is 0. The van der Waals surface area contributed by atoms with E-state index in [2.05, 4.69) is 25.6 Å². The molecular formula is C20H18N6O2. The number of nitrogens with zero attached hydrogens (tertiary/aromatic N) is 5. The zero-order valence-electron chi connectivity index (χ0n) is 15.2. The van der Waals surface area contributed by atoms with Crippen LogP contribution in [0.2, 0.25) is 0 Å². The highest BCUT2D eigenvalue weighted by molar-refractivity contribution is 5.85. The molecule has 0 saturated carbocycles. The Morgan fingerprint density at radius 2 is 1.86 bits per heavy atom. The first-order chi connectivity index (χ1) is 13.7. The van der Waals surface area contributed by atoms with Crippen LogP contribution < -0.4 is 0 Å². The van der Waals surface area contributed by atoms with Gasteiger partial charge in [-0.15, -0.1) is 10.2 Å². The van der Waals surface area contributed by atoms with Crippen molar-refractivity contribution in [3.05, 3.63) is 71.8 Å². The average Bonchev–Trinajstić information content (AvgIpc) is 3.38. The van der Waals surface area contributed by atoms with E-state index in [4.69, 9.17) is 0 Å². The van der Waals surface area contributed by atoms with Crippen LogP contribution in [-0.2, 0) is 13.0 Å². The summed E-state index contributed by atoms with van der Waals surface area (Å²) in [6.45, 7) is 2.42. The molecule has 0 spiro atoms. The third kappa shape index (κ3) is 3.27. The minimum atomic E-state index is -0.974. The molecule has 0 aliphatic rings. The number of nitrogens with one attached hydrogen (secondary N) is 1. The van der Waals surface area contributed by atoms with Gasteiger partial charge >= 0.3 is 5.97 Å². The summed E-state index contributed by atoms with van der Waals surface area (Å²) < 4.78 is 1.74. The standard InChI is InChI=1S/C20H18N6O2/c1-2-18-21-11-17(20(27)28)26(18)12-13-7-9-14(10-8-13)15-5-3-4-6-16(15)19-22-24-25-23-19/h3-11H,2,12H2,1H3,(H,27,28)(H,22,23,24,25). The van der Waals surface area contributed by atoms with Crippen LogP contribution in [0.5, 0.6) is 0 Å². The van der Waals surface area contributed by atoms with Gasteiger partial charge in [-0.2, -0.15) is 5.21 Å². The molecule has 2 heterocycles. The predicted octanol–water partition coefficient (Wildman–Crippen LogP) is 3.04. The molecule has 0 saturated heterocycles. The van der Waals surface area contributed by atoms with Gasteiger partial charge in [0.05, 0.1) is 6.20 Å². The Morgan fingerprint density at radius 1 is 1.11 bits per heavy atom. The van der Waals surface area contributed by atoms with Crippen molar-refractivity contribution >= 4 is 5.97 Å². The molecule has 0 atom stereocenters. The lowest BCUT2D eigenvalue weighted by Gasteiger charge is -2.11. The second kappa shape index (κ2) is 7.43. The fourth-order valence-electron chi connectivity index (χ4n) is 3.22. The smallest absolute Gasteiger partial charge is 0.354 e. The van der Waals surface area contributed by atoms with Crippen LogP contribution in [0.3, 0.4) is 0 Å². The molecular weight excluding hydrogens is 356 g/mol. The van der Waals surface area contributed by atoms with Crippen molar-refractivity contribution < 1.29 is 9.90 Å². The number of aromatic nitrogens is 6. The summed E-state index contributed by atoms with van der Waals surface area (Å²) in [7, 11) is 0. The van der Waals surface area contributed by atoms with Gasteiger partial charge in [-0.25, -0.2) is 9.78 Å². The minimum Gasteiger partial charge on any atom is -0.477 e. The number of imidazole rings is 1. The molecule has 0 aliphatic heterocycles. The normalized spacial score (nSPS) is 10.9. The van der Waals surface area contributed by atoms with Gasteiger partial charge in [0, 0.05) is 18.5 Å². The first kappa shape index (κ1) is 17.6. The molecule has 0 radical (unpaired) electrons. The van der Waals surface area contributed by atoms with Crippen molar-refractivity contribution in [1.29, 1.82) is 0 Å². The van der Waals surface area contributed by atoms with Crippen LogP contribution in [0, 0.1) is 0 Å². The average molecular weight is 374 g/mol. The van der Waals surface area contributed by atoms with Crippen molar-refractivity contribution in [3.63, 3.8) is 0 Å². The van der Waals surface area contributed by atoms with E-state index in [1.807, 2.05) is 55.5 Å². The number of H-pyrrole nitrogens is 1. The van der Waals surface area contributed by atoms with E-state index in [1.54, 1.807) is 4.57 Å². The van der Waals surface area contributed by atoms with Gasteiger partial charge in [0.15, 0.2) is 0 Å². The SMILES string of the molecule is CCc1ncc(C(=O)O)n1Cc1ccc(-c2ccccc2-c2nn[nH]n2)cc1. The number of aryl methyl sites for hydroxylation is 1. The molecule has 0 bridgehead atoms. The monoisotopic (exact) mass is 374 g/mol. The number of carboxylic acids is 1. The molecule has 0 unspecified atom stereocenters. The summed E-state index contributed by atoms with van der Waals surface area (Å²) in [6, 6.07) is 15.9. The maximum atomic E-state index is 11.5. The van der Waals surface area contributed by atoms with Crippen LogP contribution in [0.15, 0.2) is 54.7 Å². The number of rotatable bonds is 6. The van der Waals surface area contributed by atoms with Crippen molar-refractivity contribution in [2.45, 2.75) is 19.9 Å². The zero-order chi connectivity index (χ0) is 19.5. The molecule has 8 nitrogen and oxygen atoms in total. The van der Waals surface area contributed by atoms with Crippen LogP contribution in [0.1, 0.15) is 28.8 Å². The van der Waals surface area contributed by atoms with E-state index in [-0.39, 0.29) is 5.69 Å². The van der Waals surface area contributed by atoms with Crippen molar-refractivity contribution in [1.82, 2.24) is 30.2 Å². The largest absolute Gasteiger partial charge is 0.477 e. The van der Waals surface area contributed by atoms with Crippen LogP contribution >= 0.6 is 0 Å². The first-order valence-corrected chi connectivity index (χ1v) is 8.87. The number of aromatic amines is 1. The lowest BCUT2D eigenvalue weighted by atomic mass is 9.98. The summed E-state index contributed by atoms with van der Waals surface area (Å²) in [6.07, 6.45) is 2.08. The van der Waals surface area contributed by atoms with E-state index in [1.165, 1.54) is 6.20 Å². The van der Waals surface area contributed by atoms with Gasteiger partial charge in [-0.3, -0.25) is 0 Å². The van der Waals surface area contributed by atoms with Crippen molar-refractivity contribution in [2.75, 3.05) is 0 Å². The third-order valence-corrected chi connectivity index (χ3v) is 4.59. The summed E-state index contributed by atoms with van der Waals surface area (Å²) in [4.78, 5) is 15.7. The van der Waals surface area contributed by atoms with Gasteiger partial charge in [0.2, 0.25) is 5.82 Å². The van der Waals surface area contributed by atoms with E-state index >= 15 is 0 Å². The second-order valence-electron chi connectivity index (χ2n) is 6.28. The topological polar surface area (TPSA) is 110 Å². The molecule has 28 heavy (non-hydrogen) atoms. The molecule has 0 amide bonds. The second-order valence-corrected chi connectivity index (χ2v) is 6.28. The maximum absolute atomic E-state index is 11.5. The summed E-state index contributed by atoms with van der Waals surface area (Å²) in [5.74, 6) is 0.318. The Hall–Kier alpha value is -3.81. The summed E-state index contributed by atoms with van der Waals surface area (Å²) in [5.41, 5.74) is 4.10. The Kier molecular flexibility index (Phi) is 4.67. The predicted molar refractivity (Wildman–Crippen MR) is 103 cm³/mol. The van der Waals surface area contributed by atoms with Gasteiger partial charge < -0.3 is 9.67 Å². The number of benzene rings is 2. The lowest BCUT2D eigenvalue weighted by molar-refractivity contribution is 0.0685. The van der Waals surface area contributed by atoms with Gasteiger partial charge in [0.25, 0.3) is 0 Å². The zero-order valence-corrected chi connectivity index (χ0v) is 15.2. The van der Waals surface area contributed by atoms with E-state index < -0.39 is 5.97 Å². The quantitative estimate of drug-likeness (QED) is 0.537. The molecule has 140 valence electrons. The highest BCUT2D eigenvalue weighted by atomic mass is 16.4. The molecule has 0 aliphatic carbocycles. The number of hydrogen-bond acceptors (Lipinski definition) is 5. The van der Waals surface area contributed by atoms with E-state index in [0.29, 0.717) is 18.8 Å². The van der Waals surface area contributed by atoms with E-state index in [9.17, 15) is 9.90 Å². The Bertz CT molecular complexity index is 1100. The van der Waals surface area contributed by atoms with Crippen molar-refractivity contribution in [2.24, 2.45) is 0 Å². The third-order valence-electron chi connectivity index (χ3n) is 4.59. The van der Waals surface area contributed by atoms with E-state index in [0.717, 1.165) is 28.1 Å². The van der Waals surface area contributed by atoms with Crippen LogP contribution in [-0.4, -0.2) is 41.3 Å².